The standard InChI is InChI=1S/C33H45FN2O3/c1-2-30(37)17-15-27-14-16-29(34)22-28(27)20-25-12-8-13-26(19-25)21-32-36-31(23-39-32)33(38)35-18-7-6-11-24-9-4-3-5-10-24/h14-17,22-26H,2-13,18-21H2,1H3,(H,35,38)/b17-15+/t25-,26?/m1/s1. The van der Waals surface area contributed by atoms with Gasteiger partial charge < -0.3 is 9.73 Å². The van der Waals surface area contributed by atoms with Crippen LogP contribution in [-0.2, 0) is 17.6 Å². The Balaban J connectivity index is 1.23. The maximum Gasteiger partial charge on any atom is 0.273 e. The van der Waals surface area contributed by atoms with Crippen molar-refractivity contribution in [1.82, 2.24) is 10.3 Å². The van der Waals surface area contributed by atoms with E-state index in [1.807, 2.05) is 13.0 Å². The predicted molar refractivity (Wildman–Crippen MR) is 153 cm³/mol. The van der Waals surface area contributed by atoms with Crippen molar-refractivity contribution in [2.24, 2.45) is 17.8 Å². The molecule has 0 aliphatic heterocycles. The topological polar surface area (TPSA) is 72.2 Å². The molecule has 39 heavy (non-hydrogen) atoms. The van der Waals surface area contributed by atoms with Gasteiger partial charge in [0.05, 0.1) is 0 Å². The summed E-state index contributed by atoms with van der Waals surface area (Å²) in [4.78, 5) is 28.8. The van der Waals surface area contributed by atoms with E-state index in [1.165, 1.54) is 57.3 Å². The first-order chi connectivity index (χ1) is 19.0. The van der Waals surface area contributed by atoms with Crippen LogP contribution < -0.4 is 5.32 Å². The van der Waals surface area contributed by atoms with Gasteiger partial charge in [0.2, 0.25) is 0 Å². The second kappa shape index (κ2) is 15.1. The van der Waals surface area contributed by atoms with Gasteiger partial charge in [0.15, 0.2) is 17.4 Å². The maximum atomic E-state index is 14.0. The Hall–Kier alpha value is -2.76. The first kappa shape index (κ1) is 29.2. The maximum absolute atomic E-state index is 14.0. The van der Waals surface area contributed by atoms with E-state index in [9.17, 15) is 14.0 Å². The molecule has 1 aromatic heterocycles. The van der Waals surface area contributed by atoms with Crippen molar-refractivity contribution < 1.29 is 18.4 Å². The average molecular weight is 537 g/mol. The minimum atomic E-state index is -0.244. The molecule has 1 heterocycles. The third-order valence-electron chi connectivity index (χ3n) is 8.60. The number of nitrogens with zero attached hydrogens (tertiary/aromatic N) is 1. The Morgan fingerprint density at radius 1 is 1.03 bits per heavy atom. The summed E-state index contributed by atoms with van der Waals surface area (Å²) in [6.07, 6.45) is 21.5. The zero-order valence-corrected chi connectivity index (χ0v) is 23.6. The van der Waals surface area contributed by atoms with E-state index in [0.29, 0.717) is 42.8 Å². The van der Waals surface area contributed by atoms with Crippen molar-refractivity contribution in [3.8, 4) is 0 Å². The Bertz CT molecular complexity index is 1100. The Morgan fingerprint density at radius 2 is 1.79 bits per heavy atom. The van der Waals surface area contributed by atoms with Crippen LogP contribution in [0.2, 0.25) is 0 Å². The summed E-state index contributed by atoms with van der Waals surface area (Å²) in [6, 6.07) is 4.83. The third-order valence-corrected chi connectivity index (χ3v) is 8.60. The zero-order valence-electron chi connectivity index (χ0n) is 23.6. The van der Waals surface area contributed by atoms with Crippen LogP contribution in [0.4, 0.5) is 4.39 Å². The molecule has 1 unspecified atom stereocenters. The molecule has 2 aliphatic rings. The number of hydrogen-bond donors (Lipinski definition) is 1. The van der Waals surface area contributed by atoms with Gasteiger partial charge in [-0.15, -0.1) is 0 Å². The molecule has 1 N–H and O–H groups in total. The number of amides is 1. The molecule has 2 fully saturated rings. The van der Waals surface area contributed by atoms with E-state index in [-0.39, 0.29) is 17.5 Å². The highest BCUT2D eigenvalue weighted by atomic mass is 19.1. The fourth-order valence-corrected chi connectivity index (χ4v) is 6.38. The summed E-state index contributed by atoms with van der Waals surface area (Å²) < 4.78 is 19.7. The highest BCUT2D eigenvalue weighted by Crippen LogP contribution is 2.34. The first-order valence-electron chi connectivity index (χ1n) is 15.2. The number of halogens is 1. The van der Waals surface area contributed by atoms with Gasteiger partial charge in [0, 0.05) is 19.4 Å². The molecule has 212 valence electrons. The molecule has 2 saturated carbocycles. The lowest BCUT2D eigenvalue weighted by molar-refractivity contribution is -0.114. The number of carbonyl (C=O) groups excluding carboxylic acids is 2. The van der Waals surface area contributed by atoms with Crippen LogP contribution in [0.1, 0.15) is 118 Å². The summed E-state index contributed by atoms with van der Waals surface area (Å²) >= 11 is 0. The SMILES string of the molecule is CCC(=O)/C=C/c1ccc(F)cc1C[C@@H]1CCCC(Cc2nc(C(=O)NCCCCC3CCCCC3)co2)C1. The van der Waals surface area contributed by atoms with E-state index in [2.05, 4.69) is 10.3 Å². The predicted octanol–water partition coefficient (Wildman–Crippen LogP) is 7.88. The highest BCUT2D eigenvalue weighted by Gasteiger charge is 2.25. The van der Waals surface area contributed by atoms with E-state index < -0.39 is 0 Å². The Kier molecular flexibility index (Phi) is 11.3. The molecule has 0 spiro atoms. The van der Waals surface area contributed by atoms with Crippen LogP contribution >= 0.6 is 0 Å². The number of allylic oxidation sites excluding steroid dienone is 1. The molecule has 2 atom stereocenters. The summed E-state index contributed by atoms with van der Waals surface area (Å²) in [5.74, 6) is 2.03. The lowest BCUT2D eigenvalue weighted by atomic mass is 9.77. The highest BCUT2D eigenvalue weighted by molar-refractivity contribution is 5.93. The molecule has 1 aromatic carbocycles. The number of carbonyl (C=O) groups is 2. The van der Waals surface area contributed by atoms with Gasteiger partial charge in [-0.05, 0) is 72.8 Å². The molecule has 1 amide bonds. The number of nitrogens with one attached hydrogen (secondary N) is 1. The third kappa shape index (κ3) is 9.44. The zero-order chi connectivity index (χ0) is 27.5. The molecule has 0 saturated heterocycles. The number of ketones is 1. The average Bonchev–Trinajstić information content (AvgIpc) is 3.41. The van der Waals surface area contributed by atoms with E-state index >= 15 is 0 Å². The quantitative estimate of drug-likeness (QED) is 0.209. The van der Waals surface area contributed by atoms with Gasteiger partial charge in [-0.3, -0.25) is 9.59 Å². The normalized spacial score (nSPS) is 20.4. The van der Waals surface area contributed by atoms with Gasteiger partial charge in [0.1, 0.15) is 12.1 Å². The number of hydrogen-bond acceptors (Lipinski definition) is 4. The van der Waals surface area contributed by atoms with Crippen LogP contribution in [0.3, 0.4) is 0 Å². The largest absolute Gasteiger partial charge is 0.448 e. The van der Waals surface area contributed by atoms with Crippen molar-refractivity contribution in [3.05, 3.63) is 59.1 Å². The monoisotopic (exact) mass is 536 g/mol. The summed E-state index contributed by atoms with van der Waals surface area (Å²) in [6.45, 7) is 2.52. The number of oxazole rings is 1. The van der Waals surface area contributed by atoms with Gasteiger partial charge in [-0.25, -0.2) is 9.37 Å². The molecule has 2 aromatic rings. The minimum Gasteiger partial charge on any atom is -0.448 e. The van der Waals surface area contributed by atoms with E-state index in [4.69, 9.17) is 4.42 Å². The lowest BCUT2D eigenvalue weighted by Crippen LogP contribution is -2.25. The second-order valence-corrected chi connectivity index (χ2v) is 11.7. The smallest absolute Gasteiger partial charge is 0.273 e. The molecule has 6 heteroatoms. The van der Waals surface area contributed by atoms with Crippen molar-refractivity contribution >= 4 is 17.8 Å². The molecule has 0 radical (unpaired) electrons. The Labute approximate surface area is 233 Å². The minimum absolute atomic E-state index is 0.0664. The van der Waals surface area contributed by atoms with Crippen molar-refractivity contribution in [3.63, 3.8) is 0 Å². The van der Waals surface area contributed by atoms with Crippen molar-refractivity contribution in [2.45, 2.75) is 103 Å². The van der Waals surface area contributed by atoms with Gasteiger partial charge in [-0.1, -0.05) is 76.9 Å². The van der Waals surface area contributed by atoms with Gasteiger partial charge in [0.25, 0.3) is 5.91 Å². The van der Waals surface area contributed by atoms with Gasteiger partial charge in [-0.2, -0.15) is 0 Å². The summed E-state index contributed by atoms with van der Waals surface area (Å²) in [7, 11) is 0. The van der Waals surface area contributed by atoms with E-state index in [1.54, 1.807) is 18.2 Å². The first-order valence-corrected chi connectivity index (χ1v) is 15.2. The summed E-state index contributed by atoms with van der Waals surface area (Å²) in [5, 5.41) is 3.00. The van der Waals surface area contributed by atoms with Crippen molar-refractivity contribution in [2.75, 3.05) is 6.54 Å². The molecule has 2 aliphatic carbocycles. The van der Waals surface area contributed by atoms with Crippen LogP contribution in [0.5, 0.6) is 0 Å². The molecular formula is C33H45FN2O3. The van der Waals surface area contributed by atoms with Crippen LogP contribution in [0, 0.1) is 23.6 Å². The van der Waals surface area contributed by atoms with Crippen LogP contribution in [-0.4, -0.2) is 23.2 Å². The number of benzene rings is 1. The molecular weight excluding hydrogens is 491 g/mol. The second-order valence-electron chi connectivity index (χ2n) is 11.7. The molecule has 5 nitrogen and oxygen atoms in total. The molecule has 4 rings (SSSR count). The number of aromatic nitrogens is 1. The van der Waals surface area contributed by atoms with Crippen LogP contribution in [0.25, 0.3) is 6.08 Å². The fourth-order valence-electron chi connectivity index (χ4n) is 6.38. The Morgan fingerprint density at radius 3 is 2.59 bits per heavy atom. The number of unbranched alkanes of at least 4 members (excludes halogenated alkanes) is 1. The van der Waals surface area contributed by atoms with Crippen LogP contribution in [0.15, 0.2) is 35.0 Å². The lowest BCUT2D eigenvalue weighted by Gasteiger charge is -2.29. The van der Waals surface area contributed by atoms with E-state index in [0.717, 1.165) is 55.6 Å². The number of rotatable bonds is 13. The molecule has 0 bridgehead atoms. The van der Waals surface area contributed by atoms with Crippen molar-refractivity contribution in [1.29, 1.82) is 0 Å². The fraction of sp³-hybridized carbons (Fsp3) is 0.606. The van der Waals surface area contributed by atoms with Gasteiger partial charge >= 0.3 is 0 Å². The summed E-state index contributed by atoms with van der Waals surface area (Å²) in [5.41, 5.74) is 2.23.